The van der Waals surface area contributed by atoms with Gasteiger partial charge in [0.1, 0.15) is 0 Å². The Hall–Kier alpha value is -1.74. The number of hydrogen-bond acceptors (Lipinski definition) is 3. The van der Waals surface area contributed by atoms with E-state index in [1.54, 1.807) is 0 Å². The van der Waals surface area contributed by atoms with Crippen molar-refractivity contribution in [1.29, 1.82) is 0 Å². The minimum Gasteiger partial charge on any atom is -0.479 e. The maximum absolute atomic E-state index is 11.2. The van der Waals surface area contributed by atoms with Crippen LogP contribution in [0.2, 0.25) is 0 Å². The van der Waals surface area contributed by atoms with Crippen LogP contribution in [0.15, 0.2) is 0 Å². The van der Waals surface area contributed by atoms with Gasteiger partial charge in [0.15, 0.2) is 6.10 Å². The van der Waals surface area contributed by atoms with Crippen molar-refractivity contribution >= 4 is 12.0 Å². The zero-order chi connectivity index (χ0) is 12.6. The lowest BCUT2D eigenvalue weighted by Gasteiger charge is -2.13. The SMILES string of the molecule is C#CC(CCC)NC(=O)NCC(O)C(=O)O. The predicted octanol–water partition coefficient (Wildman–Crippen LogP) is -0.467. The van der Waals surface area contributed by atoms with Crippen LogP contribution in [0.5, 0.6) is 0 Å². The molecule has 0 saturated heterocycles. The third kappa shape index (κ3) is 5.88. The summed E-state index contributed by atoms with van der Waals surface area (Å²) in [7, 11) is 0. The molecule has 0 aliphatic rings. The number of carbonyl (C=O) groups is 2. The van der Waals surface area contributed by atoms with E-state index in [1.165, 1.54) is 0 Å². The molecule has 6 heteroatoms. The smallest absolute Gasteiger partial charge is 0.334 e. The number of nitrogens with one attached hydrogen (secondary N) is 2. The molecule has 2 atom stereocenters. The summed E-state index contributed by atoms with van der Waals surface area (Å²) in [5, 5.41) is 21.9. The first-order valence-corrected chi connectivity index (χ1v) is 4.92. The van der Waals surface area contributed by atoms with E-state index in [0.29, 0.717) is 6.42 Å². The van der Waals surface area contributed by atoms with Crippen molar-refractivity contribution in [1.82, 2.24) is 10.6 Å². The van der Waals surface area contributed by atoms with Crippen LogP contribution in [0.3, 0.4) is 0 Å². The summed E-state index contributed by atoms with van der Waals surface area (Å²) in [6, 6.07) is -0.969. The Morgan fingerprint density at radius 3 is 2.56 bits per heavy atom. The van der Waals surface area contributed by atoms with Crippen LogP contribution in [0.1, 0.15) is 19.8 Å². The van der Waals surface area contributed by atoms with Gasteiger partial charge in [0.05, 0.1) is 12.6 Å². The molecule has 0 rings (SSSR count). The van der Waals surface area contributed by atoms with Crippen molar-refractivity contribution in [3.63, 3.8) is 0 Å². The molecule has 6 nitrogen and oxygen atoms in total. The molecular formula is C10H16N2O4. The number of carboxylic acid groups (broad SMARTS) is 1. The summed E-state index contributed by atoms with van der Waals surface area (Å²) < 4.78 is 0. The molecule has 0 aromatic heterocycles. The fourth-order valence-electron chi connectivity index (χ4n) is 0.972. The van der Waals surface area contributed by atoms with Gasteiger partial charge in [0.2, 0.25) is 0 Å². The number of carbonyl (C=O) groups excluding carboxylic acids is 1. The normalized spacial score (nSPS) is 13.3. The number of aliphatic hydroxyl groups excluding tert-OH is 1. The molecule has 0 spiro atoms. The molecular weight excluding hydrogens is 212 g/mol. The lowest BCUT2D eigenvalue weighted by molar-refractivity contribution is -0.146. The number of aliphatic hydroxyl groups is 1. The van der Waals surface area contributed by atoms with Gasteiger partial charge in [-0.25, -0.2) is 9.59 Å². The molecule has 0 aromatic rings. The summed E-state index contributed by atoms with van der Waals surface area (Å²) in [5.41, 5.74) is 0. The molecule has 0 aliphatic carbocycles. The predicted molar refractivity (Wildman–Crippen MR) is 57.7 cm³/mol. The molecule has 0 bridgehead atoms. The van der Waals surface area contributed by atoms with E-state index in [-0.39, 0.29) is 12.6 Å². The van der Waals surface area contributed by atoms with Crippen molar-refractivity contribution in [3.05, 3.63) is 0 Å². The molecule has 0 saturated carbocycles. The minimum absolute atomic E-state index is 0.357. The molecule has 0 aliphatic heterocycles. The molecule has 2 amide bonds. The first-order chi connectivity index (χ1) is 7.51. The molecule has 0 heterocycles. The largest absolute Gasteiger partial charge is 0.479 e. The Bertz CT molecular complexity index is 285. The van der Waals surface area contributed by atoms with Crippen LogP contribution in [-0.4, -0.2) is 40.9 Å². The van der Waals surface area contributed by atoms with Gasteiger partial charge in [-0.05, 0) is 6.42 Å². The van der Waals surface area contributed by atoms with E-state index in [1.807, 2.05) is 6.92 Å². The summed E-state index contributed by atoms with van der Waals surface area (Å²) >= 11 is 0. The first-order valence-electron chi connectivity index (χ1n) is 4.92. The molecule has 16 heavy (non-hydrogen) atoms. The minimum atomic E-state index is -1.61. The standard InChI is InChI=1S/C10H16N2O4/c1-3-5-7(4-2)12-10(16)11-6-8(13)9(14)15/h2,7-8,13H,3,5-6H2,1H3,(H,14,15)(H2,11,12,16). The van der Waals surface area contributed by atoms with E-state index in [2.05, 4.69) is 16.6 Å². The van der Waals surface area contributed by atoms with E-state index in [0.717, 1.165) is 6.42 Å². The number of urea groups is 1. The molecule has 0 fully saturated rings. The lowest BCUT2D eigenvalue weighted by Crippen LogP contribution is -2.45. The van der Waals surface area contributed by atoms with Crippen molar-refractivity contribution in [3.8, 4) is 12.3 Å². The molecule has 0 radical (unpaired) electrons. The highest BCUT2D eigenvalue weighted by molar-refractivity contribution is 5.77. The maximum Gasteiger partial charge on any atom is 0.334 e. The summed E-state index contributed by atoms with van der Waals surface area (Å²) in [6.45, 7) is 1.57. The van der Waals surface area contributed by atoms with Crippen LogP contribution in [0.4, 0.5) is 4.79 Å². The van der Waals surface area contributed by atoms with Gasteiger partial charge in [0.25, 0.3) is 0 Å². The Labute approximate surface area is 94.0 Å². The maximum atomic E-state index is 11.2. The fraction of sp³-hybridized carbons (Fsp3) is 0.600. The van der Waals surface area contributed by atoms with Gasteiger partial charge in [-0.2, -0.15) is 0 Å². The quantitative estimate of drug-likeness (QED) is 0.462. The zero-order valence-electron chi connectivity index (χ0n) is 9.06. The van der Waals surface area contributed by atoms with E-state index in [4.69, 9.17) is 16.6 Å². The lowest BCUT2D eigenvalue weighted by atomic mass is 10.2. The third-order valence-electron chi connectivity index (χ3n) is 1.82. The van der Waals surface area contributed by atoms with Gasteiger partial charge in [-0.3, -0.25) is 0 Å². The number of carboxylic acids is 1. The molecule has 90 valence electrons. The highest BCUT2D eigenvalue weighted by Gasteiger charge is 2.15. The average Bonchev–Trinajstić information content (AvgIpc) is 2.24. The van der Waals surface area contributed by atoms with E-state index >= 15 is 0 Å². The van der Waals surface area contributed by atoms with E-state index < -0.39 is 18.1 Å². The van der Waals surface area contributed by atoms with Gasteiger partial charge >= 0.3 is 12.0 Å². The van der Waals surface area contributed by atoms with Gasteiger partial charge in [0, 0.05) is 0 Å². The number of terminal acetylenes is 1. The number of aliphatic carboxylic acids is 1. The highest BCUT2D eigenvalue weighted by Crippen LogP contribution is 1.94. The van der Waals surface area contributed by atoms with Crippen molar-refractivity contribution < 1.29 is 19.8 Å². The van der Waals surface area contributed by atoms with Gasteiger partial charge in [-0.1, -0.05) is 19.3 Å². The average molecular weight is 228 g/mol. The Kier molecular flexibility index (Phi) is 6.72. The van der Waals surface area contributed by atoms with E-state index in [9.17, 15) is 9.59 Å². The summed E-state index contributed by atoms with van der Waals surface area (Å²) in [6.07, 6.45) is 5.04. The Balaban J connectivity index is 3.90. The van der Waals surface area contributed by atoms with Crippen LogP contribution in [0.25, 0.3) is 0 Å². The Morgan fingerprint density at radius 2 is 2.12 bits per heavy atom. The van der Waals surface area contributed by atoms with Gasteiger partial charge < -0.3 is 20.8 Å². The molecule has 2 unspecified atom stereocenters. The van der Waals surface area contributed by atoms with Gasteiger partial charge in [-0.15, -0.1) is 6.42 Å². The Morgan fingerprint density at radius 1 is 1.50 bits per heavy atom. The highest BCUT2D eigenvalue weighted by atomic mass is 16.4. The third-order valence-corrected chi connectivity index (χ3v) is 1.82. The zero-order valence-corrected chi connectivity index (χ0v) is 9.06. The van der Waals surface area contributed by atoms with Crippen LogP contribution in [-0.2, 0) is 4.79 Å². The molecule has 4 N–H and O–H groups in total. The summed E-state index contributed by atoms with van der Waals surface area (Å²) in [4.78, 5) is 21.4. The van der Waals surface area contributed by atoms with Crippen LogP contribution >= 0.6 is 0 Å². The van der Waals surface area contributed by atoms with Crippen LogP contribution < -0.4 is 10.6 Å². The second-order valence-corrected chi connectivity index (χ2v) is 3.22. The van der Waals surface area contributed by atoms with Crippen molar-refractivity contribution in [2.75, 3.05) is 6.54 Å². The second kappa shape index (κ2) is 7.54. The first kappa shape index (κ1) is 14.3. The summed E-state index contributed by atoms with van der Waals surface area (Å²) in [5.74, 6) is 1.01. The number of amides is 2. The fourth-order valence-corrected chi connectivity index (χ4v) is 0.972. The number of hydrogen-bond donors (Lipinski definition) is 4. The van der Waals surface area contributed by atoms with Crippen molar-refractivity contribution in [2.24, 2.45) is 0 Å². The monoisotopic (exact) mass is 228 g/mol. The topological polar surface area (TPSA) is 98.7 Å². The van der Waals surface area contributed by atoms with Crippen LogP contribution in [0, 0.1) is 12.3 Å². The second-order valence-electron chi connectivity index (χ2n) is 3.22. The van der Waals surface area contributed by atoms with Crippen molar-refractivity contribution in [2.45, 2.75) is 31.9 Å². The number of rotatable bonds is 6. The molecule has 0 aromatic carbocycles.